The largest absolute Gasteiger partial charge is 0.324 e. The maximum atomic E-state index is 12.8. The minimum Gasteiger partial charge on any atom is -0.324 e. The molecule has 1 atom stereocenters. The van der Waals surface area contributed by atoms with Crippen LogP contribution in [-0.2, 0) is 16.1 Å². The summed E-state index contributed by atoms with van der Waals surface area (Å²) in [4.78, 5) is 38.8. The Kier molecular flexibility index (Phi) is 5.36. The van der Waals surface area contributed by atoms with Crippen LogP contribution in [0.15, 0.2) is 18.2 Å². The van der Waals surface area contributed by atoms with Crippen LogP contribution >= 0.6 is 0 Å². The van der Waals surface area contributed by atoms with Gasteiger partial charge in [0.15, 0.2) is 5.78 Å². The SMILES string of the molecule is CCC(CC)c1ccc2c(c1)CN(C1CCC(=O)CCCC1=O)C2=O. The first-order valence-electron chi connectivity index (χ1n) is 9.53. The quantitative estimate of drug-likeness (QED) is 0.831. The number of amides is 1. The van der Waals surface area contributed by atoms with E-state index in [0.29, 0.717) is 44.6 Å². The molecule has 4 nitrogen and oxygen atoms in total. The summed E-state index contributed by atoms with van der Waals surface area (Å²) >= 11 is 0. The minimum atomic E-state index is -0.444. The van der Waals surface area contributed by atoms with Crippen molar-refractivity contribution in [1.29, 1.82) is 0 Å². The second kappa shape index (κ2) is 7.51. The lowest BCUT2D eigenvalue weighted by molar-refractivity contribution is -0.126. The molecule has 0 saturated heterocycles. The lowest BCUT2D eigenvalue weighted by Crippen LogP contribution is -2.42. The molecule has 134 valence electrons. The molecule has 25 heavy (non-hydrogen) atoms. The van der Waals surface area contributed by atoms with Crippen LogP contribution in [0.5, 0.6) is 0 Å². The average molecular weight is 341 g/mol. The van der Waals surface area contributed by atoms with Gasteiger partial charge in [0.1, 0.15) is 5.78 Å². The number of hydrogen-bond acceptors (Lipinski definition) is 3. The van der Waals surface area contributed by atoms with Crippen molar-refractivity contribution in [2.45, 2.75) is 77.3 Å². The van der Waals surface area contributed by atoms with Crippen LogP contribution in [0, 0.1) is 0 Å². The van der Waals surface area contributed by atoms with E-state index in [-0.39, 0.29) is 17.5 Å². The first-order valence-corrected chi connectivity index (χ1v) is 9.53. The molecule has 2 aliphatic rings. The Labute approximate surface area is 149 Å². The van der Waals surface area contributed by atoms with Gasteiger partial charge in [-0.2, -0.15) is 0 Å². The highest BCUT2D eigenvalue weighted by Crippen LogP contribution is 2.32. The Morgan fingerprint density at radius 1 is 1.08 bits per heavy atom. The van der Waals surface area contributed by atoms with Crippen molar-refractivity contribution in [3.05, 3.63) is 34.9 Å². The van der Waals surface area contributed by atoms with Crippen molar-refractivity contribution >= 4 is 17.5 Å². The van der Waals surface area contributed by atoms with E-state index in [4.69, 9.17) is 0 Å². The van der Waals surface area contributed by atoms with Crippen LogP contribution in [0.1, 0.15) is 86.2 Å². The molecule has 0 aromatic heterocycles. The number of ketones is 2. The highest BCUT2D eigenvalue weighted by Gasteiger charge is 2.36. The molecule has 1 amide bonds. The highest BCUT2D eigenvalue weighted by molar-refractivity contribution is 6.01. The maximum Gasteiger partial charge on any atom is 0.255 e. The number of benzene rings is 1. The van der Waals surface area contributed by atoms with Crippen LogP contribution in [0.4, 0.5) is 0 Å². The molecule has 0 bridgehead atoms. The fraction of sp³-hybridized carbons (Fsp3) is 0.571. The molecule has 1 saturated carbocycles. The second-order valence-corrected chi connectivity index (χ2v) is 7.28. The number of carbonyl (C=O) groups is 3. The van der Waals surface area contributed by atoms with E-state index < -0.39 is 6.04 Å². The molecule has 1 aliphatic carbocycles. The Morgan fingerprint density at radius 3 is 2.56 bits per heavy atom. The number of hydrogen-bond donors (Lipinski definition) is 0. The van der Waals surface area contributed by atoms with Crippen LogP contribution in [0.2, 0.25) is 0 Å². The molecule has 1 unspecified atom stereocenters. The van der Waals surface area contributed by atoms with Gasteiger partial charge in [-0.25, -0.2) is 0 Å². The summed E-state index contributed by atoms with van der Waals surface area (Å²) in [7, 11) is 0. The number of Topliss-reactive ketones (excluding diaryl/α,β-unsaturated/α-hetero) is 2. The Bertz CT molecular complexity index is 690. The van der Waals surface area contributed by atoms with Crippen molar-refractivity contribution in [3.63, 3.8) is 0 Å². The molecular formula is C21H27NO3. The zero-order valence-electron chi connectivity index (χ0n) is 15.2. The summed E-state index contributed by atoms with van der Waals surface area (Å²) in [6.45, 7) is 4.86. The summed E-state index contributed by atoms with van der Waals surface area (Å²) in [5.41, 5.74) is 3.02. The van der Waals surface area contributed by atoms with Gasteiger partial charge in [-0.05, 0) is 48.8 Å². The molecule has 1 aromatic rings. The van der Waals surface area contributed by atoms with Crippen molar-refractivity contribution in [3.8, 4) is 0 Å². The molecule has 1 fully saturated rings. The number of carbonyl (C=O) groups excluding carboxylic acids is 3. The molecule has 1 aromatic carbocycles. The van der Waals surface area contributed by atoms with E-state index in [1.165, 1.54) is 5.56 Å². The summed E-state index contributed by atoms with van der Waals surface area (Å²) in [6, 6.07) is 5.68. The molecular weight excluding hydrogens is 314 g/mol. The van der Waals surface area contributed by atoms with Gasteiger partial charge >= 0.3 is 0 Å². The third kappa shape index (κ3) is 3.53. The van der Waals surface area contributed by atoms with Gasteiger partial charge in [0.2, 0.25) is 0 Å². The molecule has 0 N–H and O–H groups in total. The van der Waals surface area contributed by atoms with Gasteiger partial charge in [0.25, 0.3) is 5.91 Å². The lowest BCUT2D eigenvalue weighted by atomic mass is 9.92. The molecule has 1 aliphatic heterocycles. The molecule has 0 radical (unpaired) electrons. The smallest absolute Gasteiger partial charge is 0.255 e. The predicted molar refractivity (Wildman–Crippen MR) is 96.5 cm³/mol. The minimum absolute atomic E-state index is 0.0579. The maximum absolute atomic E-state index is 12.8. The standard InChI is InChI=1S/C21H27NO3/c1-3-14(4-2)15-8-10-18-16(12-15)13-22(21(18)25)19-11-9-17(23)6-5-7-20(19)24/h8,10,12,14,19H,3-7,9,11,13H2,1-2H3. The van der Waals surface area contributed by atoms with Gasteiger partial charge in [0.05, 0.1) is 6.04 Å². The first-order chi connectivity index (χ1) is 12.0. The molecule has 0 spiro atoms. The lowest BCUT2D eigenvalue weighted by Gasteiger charge is -2.27. The first kappa shape index (κ1) is 17.8. The van der Waals surface area contributed by atoms with Crippen LogP contribution in [-0.4, -0.2) is 28.4 Å². The van der Waals surface area contributed by atoms with Gasteiger partial charge in [-0.15, -0.1) is 0 Å². The summed E-state index contributed by atoms with van der Waals surface area (Å²) < 4.78 is 0. The van der Waals surface area contributed by atoms with Crippen molar-refractivity contribution in [2.75, 3.05) is 0 Å². The average Bonchev–Trinajstić information content (AvgIpc) is 2.91. The highest BCUT2D eigenvalue weighted by atomic mass is 16.2. The van der Waals surface area contributed by atoms with Crippen LogP contribution < -0.4 is 0 Å². The van der Waals surface area contributed by atoms with E-state index >= 15 is 0 Å². The fourth-order valence-electron chi connectivity index (χ4n) is 4.17. The third-order valence-corrected chi connectivity index (χ3v) is 5.74. The Balaban J connectivity index is 1.83. The molecule has 1 heterocycles. The van der Waals surface area contributed by atoms with Crippen LogP contribution in [0.25, 0.3) is 0 Å². The van der Waals surface area contributed by atoms with Gasteiger partial charge in [-0.1, -0.05) is 26.0 Å². The number of rotatable bonds is 4. The van der Waals surface area contributed by atoms with Crippen LogP contribution in [0.3, 0.4) is 0 Å². The van der Waals surface area contributed by atoms with Crippen molar-refractivity contribution in [2.24, 2.45) is 0 Å². The van der Waals surface area contributed by atoms with E-state index in [0.717, 1.165) is 24.0 Å². The topological polar surface area (TPSA) is 54.5 Å². The van der Waals surface area contributed by atoms with Gasteiger partial charge in [-0.3, -0.25) is 14.4 Å². The second-order valence-electron chi connectivity index (χ2n) is 7.28. The van der Waals surface area contributed by atoms with E-state index in [2.05, 4.69) is 26.0 Å². The zero-order valence-corrected chi connectivity index (χ0v) is 15.2. The molecule has 4 heteroatoms. The number of nitrogens with zero attached hydrogens (tertiary/aromatic N) is 1. The normalized spacial score (nSPS) is 21.5. The Morgan fingerprint density at radius 2 is 1.84 bits per heavy atom. The number of fused-ring (bicyclic) bond motifs is 1. The summed E-state index contributed by atoms with van der Waals surface area (Å²) in [5.74, 6) is 0.763. The van der Waals surface area contributed by atoms with E-state index in [1.807, 2.05) is 6.07 Å². The summed E-state index contributed by atoms with van der Waals surface area (Å²) in [6.07, 6.45) is 4.53. The predicted octanol–water partition coefficient (Wildman–Crippen LogP) is 4.02. The third-order valence-electron chi connectivity index (χ3n) is 5.74. The van der Waals surface area contributed by atoms with E-state index in [1.54, 1.807) is 4.90 Å². The zero-order chi connectivity index (χ0) is 18.0. The fourth-order valence-corrected chi connectivity index (χ4v) is 4.17. The van der Waals surface area contributed by atoms with Gasteiger partial charge < -0.3 is 4.90 Å². The van der Waals surface area contributed by atoms with Gasteiger partial charge in [0, 0.05) is 31.4 Å². The summed E-state index contributed by atoms with van der Waals surface area (Å²) in [5, 5.41) is 0. The molecule has 3 rings (SSSR count). The van der Waals surface area contributed by atoms with E-state index in [9.17, 15) is 14.4 Å². The Hall–Kier alpha value is -1.97. The van der Waals surface area contributed by atoms with Crippen molar-refractivity contribution in [1.82, 2.24) is 4.90 Å². The monoisotopic (exact) mass is 341 g/mol. The van der Waals surface area contributed by atoms with Crippen molar-refractivity contribution < 1.29 is 14.4 Å².